The lowest BCUT2D eigenvalue weighted by Gasteiger charge is -2.54. The zero-order chi connectivity index (χ0) is 28.0. The average Bonchev–Trinajstić information content (AvgIpc) is 3.00. The molecule has 40 heavy (non-hydrogen) atoms. The van der Waals surface area contributed by atoms with Crippen molar-refractivity contribution in [3.63, 3.8) is 0 Å². The van der Waals surface area contributed by atoms with Crippen LogP contribution in [0.4, 0.5) is 0 Å². The predicted octanol–water partition coefficient (Wildman–Crippen LogP) is 11.3. The van der Waals surface area contributed by atoms with Gasteiger partial charge in [0.2, 0.25) is 0 Å². The molecule has 3 aliphatic carbocycles. The number of carbonyl (C=O) groups excluding carboxylic acids is 1. The number of unbranched alkanes of at least 4 members (excludes halogenated alkanes) is 5. The minimum Gasteiger partial charge on any atom is -0.423 e. The summed E-state index contributed by atoms with van der Waals surface area (Å²) in [6, 6.07) is 21.1. The van der Waals surface area contributed by atoms with Crippen LogP contribution in [0.1, 0.15) is 144 Å². The number of hydrogen-bond acceptors (Lipinski definition) is 2. The van der Waals surface area contributed by atoms with E-state index in [9.17, 15) is 4.79 Å². The molecule has 0 radical (unpaired) electrons. The molecule has 3 aliphatic rings. The molecular weight excluding hydrogens is 488 g/mol. The van der Waals surface area contributed by atoms with Crippen molar-refractivity contribution in [2.24, 2.45) is 5.41 Å². The maximum atomic E-state index is 13.0. The molecule has 0 saturated heterocycles. The second-order valence-corrected chi connectivity index (χ2v) is 13.2. The van der Waals surface area contributed by atoms with Crippen LogP contribution in [-0.4, -0.2) is 5.97 Å². The van der Waals surface area contributed by atoms with E-state index in [-0.39, 0.29) is 5.97 Å². The first-order chi connectivity index (χ1) is 19.5. The first-order valence-corrected chi connectivity index (χ1v) is 16.3. The highest BCUT2D eigenvalue weighted by molar-refractivity contribution is 5.92. The molecule has 2 bridgehead atoms. The summed E-state index contributed by atoms with van der Waals surface area (Å²) < 4.78 is 5.83. The van der Waals surface area contributed by atoms with E-state index in [4.69, 9.17) is 4.74 Å². The second-order valence-electron chi connectivity index (χ2n) is 13.2. The van der Waals surface area contributed by atoms with Gasteiger partial charge in [-0.25, -0.2) is 4.79 Å². The summed E-state index contributed by atoms with van der Waals surface area (Å²) in [6.07, 6.45) is 20.0. The van der Waals surface area contributed by atoms with Gasteiger partial charge >= 0.3 is 5.97 Å². The lowest BCUT2D eigenvalue weighted by Crippen LogP contribution is -2.44. The van der Waals surface area contributed by atoms with Gasteiger partial charge in [0.1, 0.15) is 5.75 Å². The molecule has 3 aromatic rings. The highest BCUT2D eigenvalue weighted by Crippen LogP contribution is 2.59. The fourth-order valence-corrected chi connectivity index (χ4v) is 7.60. The molecule has 6 rings (SSSR count). The van der Waals surface area contributed by atoms with Gasteiger partial charge in [-0.3, -0.25) is 0 Å². The monoisotopic (exact) mass is 538 g/mol. The normalized spacial score (nSPS) is 22.9. The number of esters is 1. The molecule has 0 aliphatic heterocycles. The summed E-state index contributed by atoms with van der Waals surface area (Å²) in [5.74, 6) is 0.902. The number of ether oxygens (including phenoxy) is 1. The molecular formula is C38H50O2. The van der Waals surface area contributed by atoms with Crippen LogP contribution < -0.4 is 4.74 Å². The van der Waals surface area contributed by atoms with Crippen molar-refractivity contribution in [1.29, 1.82) is 0 Å². The lowest BCUT2D eigenvalue weighted by atomic mass is 9.51. The van der Waals surface area contributed by atoms with E-state index in [0.717, 1.165) is 5.39 Å². The highest BCUT2D eigenvalue weighted by Gasteiger charge is 2.48. The zero-order valence-electron chi connectivity index (χ0n) is 25.3. The summed E-state index contributed by atoms with van der Waals surface area (Å²) in [5.41, 5.74) is 4.39. The van der Waals surface area contributed by atoms with Crippen LogP contribution in [0, 0.1) is 5.41 Å². The quantitative estimate of drug-likeness (QED) is 0.123. The molecule has 3 saturated carbocycles. The van der Waals surface area contributed by atoms with Crippen molar-refractivity contribution in [3.8, 4) is 5.75 Å². The Morgan fingerprint density at radius 1 is 0.750 bits per heavy atom. The van der Waals surface area contributed by atoms with E-state index in [1.807, 2.05) is 24.3 Å². The van der Waals surface area contributed by atoms with E-state index in [2.05, 4.69) is 57.2 Å². The summed E-state index contributed by atoms with van der Waals surface area (Å²) in [7, 11) is 0. The topological polar surface area (TPSA) is 26.3 Å². The third-order valence-electron chi connectivity index (χ3n) is 10.6. The van der Waals surface area contributed by atoms with Gasteiger partial charge in [0.05, 0.1) is 5.56 Å². The van der Waals surface area contributed by atoms with Gasteiger partial charge in [-0.1, -0.05) is 102 Å². The van der Waals surface area contributed by atoms with Crippen molar-refractivity contribution in [2.75, 3.05) is 0 Å². The molecule has 3 aromatic carbocycles. The molecule has 1 atom stereocenters. The van der Waals surface area contributed by atoms with E-state index in [1.54, 1.807) is 0 Å². The molecule has 0 heterocycles. The SMILES string of the molecule is CCCCCC[C@@H](C)c1ccc2cc(OC(=O)c3ccc(C45CCC(CCCCC)(CC4)CC5)cc3)ccc2c1. The molecule has 0 spiro atoms. The van der Waals surface area contributed by atoms with Crippen molar-refractivity contribution < 1.29 is 9.53 Å². The van der Waals surface area contributed by atoms with E-state index in [1.165, 1.54) is 113 Å². The Balaban J connectivity index is 1.18. The second kappa shape index (κ2) is 12.9. The van der Waals surface area contributed by atoms with Gasteiger partial charge in [-0.05, 0) is 114 Å². The Morgan fingerprint density at radius 2 is 1.40 bits per heavy atom. The number of benzene rings is 3. The minimum atomic E-state index is -0.275. The van der Waals surface area contributed by atoms with E-state index in [0.29, 0.717) is 28.1 Å². The summed E-state index contributed by atoms with van der Waals surface area (Å²) in [6.45, 7) is 6.90. The van der Waals surface area contributed by atoms with Gasteiger partial charge < -0.3 is 4.74 Å². The Kier molecular flexibility index (Phi) is 9.34. The number of hydrogen-bond donors (Lipinski definition) is 0. The summed E-state index contributed by atoms with van der Waals surface area (Å²) in [5, 5.41) is 2.32. The lowest BCUT2D eigenvalue weighted by molar-refractivity contribution is 0.0305. The van der Waals surface area contributed by atoms with Crippen LogP contribution in [0.5, 0.6) is 5.75 Å². The van der Waals surface area contributed by atoms with E-state index < -0.39 is 0 Å². The number of rotatable bonds is 13. The first-order valence-electron chi connectivity index (χ1n) is 16.3. The van der Waals surface area contributed by atoms with Crippen LogP contribution >= 0.6 is 0 Å². The van der Waals surface area contributed by atoms with Crippen molar-refractivity contribution in [1.82, 2.24) is 0 Å². The maximum absolute atomic E-state index is 13.0. The van der Waals surface area contributed by atoms with Crippen molar-refractivity contribution in [3.05, 3.63) is 77.4 Å². The molecule has 0 unspecified atom stereocenters. The smallest absolute Gasteiger partial charge is 0.343 e. The van der Waals surface area contributed by atoms with Crippen molar-refractivity contribution >= 4 is 16.7 Å². The fraction of sp³-hybridized carbons (Fsp3) is 0.553. The van der Waals surface area contributed by atoms with Crippen LogP contribution in [-0.2, 0) is 5.41 Å². The molecule has 0 N–H and O–H groups in total. The highest BCUT2D eigenvalue weighted by atomic mass is 16.5. The predicted molar refractivity (Wildman–Crippen MR) is 168 cm³/mol. The van der Waals surface area contributed by atoms with E-state index >= 15 is 0 Å². The zero-order valence-corrected chi connectivity index (χ0v) is 25.3. The van der Waals surface area contributed by atoms with Crippen molar-refractivity contribution in [2.45, 2.75) is 128 Å². The van der Waals surface area contributed by atoms with Gasteiger partial charge in [0.25, 0.3) is 0 Å². The minimum absolute atomic E-state index is 0.275. The summed E-state index contributed by atoms with van der Waals surface area (Å²) >= 11 is 0. The molecule has 2 nitrogen and oxygen atoms in total. The van der Waals surface area contributed by atoms with Crippen LogP contribution in [0.25, 0.3) is 10.8 Å². The Morgan fingerprint density at radius 3 is 2.10 bits per heavy atom. The third-order valence-corrected chi connectivity index (χ3v) is 10.6. The maximum Gasteiger partial charge on any atom is 0.343 e. The standard InChI is InChI=1S/C38H50O2/c1-4-6-8-9-11-29(3)31-12-13-33-28-35(19-16-32(33)27-31)40-36(39)30-14-17-34(18-15-30)38-24-21-37(22-25-38,23-26-38)20-10-7-5-2/h12-19,27-29H,4-11,20-26H2,1-3H3/t29-,37?,38?/m1/s1. The van der Waals surface area contributed by atoms with Gasteiger partial charge in [0.15, 0.2) is 0 Å². The fourth-order valence-electron chi connectivity index (χ4n) is 7.60. The van der Waals surface area contributed by atoms with Gasteiger partial charge in [0, 0.05) is 0 Å². The molecule has 0 amide bonds. The first kappa shape index (κ1) is 28.9. The van der Waals surface area contributed by atoms with Crippen LogP contribution in [0.3, 0.4) is 0 Å². The largest absolute Gasteiger partial charge is 0.423 e. The average molecular weight is 539 g/mol. The van der Waals surface area contributed by atoms with Gasteiger partial charge in [-0.15, -0.1) is 0 Å². The molecule has 3 fully saturated rings. The molecule has 2 heteroatoms. The Labute approximate surface area is 242 Å². The third kappa shape index (κ3) is 6.48. The van der Waals surface area contributed by atoms with Gasteiger partial charge in [-0.2, -0.15) is 0 Å². The van der Waals surface area contributed by atoms with Crippen LogP contribution in [0.15, 0.2) is 60.7 Å². The Bertz CT molecular complexity index is 1250. The summed E-state index contributed by atoms with van der Waals surface area (Å²) in [4.78, 5) is 13.0. The molecule has 214 valence electrons. The number of fused-ring (bicyclic) bond motifs is 4. The number of carbonyl (C=O) groups is 1. The Hall–Kier alpha value is -2.61. The molecule has 0 aromatic heterocycles. The van der Waals surface area contributed by atoms with Crippen LogP contribution in [0.2, 0.25) is 0 Å².